The van der Waals surface area contributed by atoms with Crippen molar-refractivity contribution in [1.29, 1.82) is 0 Å². The Hall–Kier alpha value is -2.05. The van der Waals surface area contributed by atoms with Crippen LogP contribution in [0.4, 0.5) is 0 Å². The Bertz CT molecular complexity index is 455. The Balaban J connectivity index is 2.76. The summed E-state index contributed by atoms with van der Waals surface area (Å²) in [5.41, 5.74) is 5.58. The van der Waals surface area contributed by atoms with Crippen LogP contribution in [0.25, 0.3) is 0 Å². The zero-order chi connectivity index (χ0) is 14.4. The molecule has 0 aromatic carbocycles. The van der Waals surface area contributed by atoms with Crippen LogP contribution in [-0.4, -0.2) is 38.4 Å². The minimum atomic E-state index is -0.583. The number of imidazole rings is 1. The van der Waals surface area contributed by atoms with E-state index in [2.05, 4.69) is 10.1 Å². The Labute approximate surface area is 112 Å². The molecule has 0 fully saturated rings. The van der Waals surface area contributed by atoms with Gasteiger partial charge in [-0.05, 0) is 6.42 Å². The van der Waals surface area contributed by atoms with Crippen molar-refractivity contribution in [2.75, 3.05) is 7.05 Å². The molecule has 7 heteroatoms. The van der Waals surface area contributed by atoms with Crippen molar-refractivity contribution in [3.05, 3.63) is 18.2 Å². The van der Waals surface area contributed by atoms with Crippen molar-refractivity contribution >= 4 is 11.7 Å². The highest BCUT2D eigenvalue weighted by molar-refractivity contribution is 6.01. The molecule has 19 heavy (non-hydrogen) atoms. The Morgan fingerprint density at radius 2 is 2.37 bits per heavy atom. The number of hydrogen-bond acceptors (Lipinski definition) is 4. The van der Waals surface area contributed by atoms with E-state index in [0.29, 0.717) is 13.0 Å². The summed E-state index contributed by atoms with van der Waals surface area (Å²) in [6, 6.07) is 0. The predicted octanol–water partition coefficient (Wildman–Crippen LogP) is 0.541. The van der Waals surface area contributed by atoms with E-state index in [1.54, 1.807) is 18.1 Å². The number of oxime groups is 1. The van der Waals surface area contributed by atoms with Gasteiger partial charge in [-0.3, -0.25) is 4.79 Å². The monoisotopic (exact) mass is 267 g/mol. The lowest BCUT2D eigenvalue weighted by atomic mass is 10.0. The number of aromatic nitrogens is 2. The molecule has 0 saturated carbocycles. The maximum atomic E-state index is 12.3. The van der Waals surface area contributed by atoms with Gasteiger partial charge in [-0.25, -0.2) is 4.98 Å². The molecule has 1 heterocycles. The summed E-state index contributed by atoms with van der Waals surface area (Å²) in [4.78, 5) is 18.0. The third-order valence-corrected chi connectivity index (χ3v) is 3.02. The van der Waals surface area contributed by atoms with Gasteiger partial charge < -0.3 is 20.4 Å². The summed E-state index contributed by atoms with van der Waals surface area (Å²) in [5, 5.41) is 11.7. The van der Waals surface area contributed by atoms with Gasteiger partial charge in [0.05, 0.1) is 12.5 Å². The van der Waals surface area contributed by atoms with E-state index in [9.17, 15) is 4.79 Å². The number of nitrogens with zero attached hydrogens (tertiary/aromatic N) is 4. The molecule has 7 nitrogen and oxygen atoms in total. The predicted molar refractivity (Wildman–Crippen MR) is 71.5 cm³/mol. The van der Waals surface area contributed by atoms with Crippen LogP contribution in [0.5, 0.6) is 0 Å². The zero-order valence-electron chi connectivity index (χ0n) is 11.6. The summed E-state index contributed by atoms with van der Waals surface area (Å²) in [6.07, 6.45) is 4.84. The number of nitrogens with two attached hydrogens (primary N) is 1. The van der Waals surface area contributed by atoms with Crippen LogP contribution < -0.4 is 5.73 Å². The molecule has 1 atom stereocenters. The van der Waals surface area contributed by atoms with Gasteiger partial charge in [0.2, 0.25) is 5.91 Å². The molecular weight excluding hydrogens is 246 g/mol. The minimum Gasteiger partial charge on any atom is -0.409 e. The van der Waals surface area contributed by atoms with E-state index in [1.165, 1.54) is 0 Å². The van der Waals surface area contributed by atoms with Crippen LogP contribution in [-0.2, 0) is 18.4 Å². The van der Waals surface area contributed by atoms with Crippen molar-refractivity contribution in [1.82, 2.24) is 14.5 Å². The average Bonchev–Trinajstić information content (AvgIpc) is 2.79. The number of amidine groups is 1. The zero-order valence-corrected chi connectivity index (χ0v) is 11.6. The van der Waals surface area contributed by atoms with Crippen molar-refractivity contribution in [3.8, 4) is 0 Å². The van der Waals surface area contributed by atoms with Crippen LogP contribution in [0.3, 0.4) is 0 Å². The van der Waals surface area contributed by atoms with Gasteiger partial charge in [-0.15, -0.1) is 0 Å². The lowest BCUT2D eigenvalue weighted by Gasteiger charge is -2.22. The highest BCUT2D eigenvalue weighted by Gasteiger charge is 2.26. The van der Waals surface area contributed by atoms with Gasteiger partial charge >= 0.3 is 0 Å². The third kappa shape index (κ3) is 3.70. The lowest BCUT2D eigenvalue weighted by molar-refractivity contribution is -0.133. The average molecular weight is 267 g/mol. The quantitative estimate of drug-likeness (QED) is 0.340. The Kier molecular flexibility index (Phi) is 5.35. The summed E-state index contributed by atoms with van der Waals surface area (Å²) >= 11 is 0. The molecule has 0 spiro atoms. The first-order valence-electron chi connectivity index (χ1n) is 6.19. The van der Waals surface area contributed by atoms with Gasteiger partial charge in [-0.2, -0.15) is 0 Å². The van der Waals surface area contributed by atoms with Crippen molar-refractivity contribution < 1.29 is 10.0 Å². The maximum Gasteiger partial charge on any atom is 0.233 e. The molecule has 1 amide bonds. The van der Waals surface area contributed by atoms with Crippen LogP contribution >= 0.6 is 0 Å². The molecule has 0 radical (unpaired) electrons. The number of amides is 1. The van der Waals surface area contributed by atoms with Gasteiger partial charge in [-0.1, -0.05) is 18.5 Å². The number of hydrogen-bond donors (Lipinski definition) is 2. The highest BCUT2D eigenvalue weighted by Crippen LogP contribution is 2.12. The summed E-state index contributed by atoms with van der Waals surface area (Å²) in [6.45, 7) is 2.34. The third-order valence-electron chi connectivity index (χ3n) is 3.02. The minimum absolute atomic E-state index is 0.0430. The molecule has 1 unspecified atom stereocenters. The second kappa shape index (κ2) is 6.77. The summed E-state index contributed by atoms with van der Waals surface area (Å²) in [7, 11) is 3.55. The topological polar surface area (TPSA) is 96.7 Å². The normalized spacial score (nSPS) is 13.3. The fourth-order valence-corrected chi connectivity index (χ4v) is 1.86. The highest BCUT2D eigenvalue weighted by atomic mass is 16.4. The standard InChI is InChI=1S/C12H21N5O2/c1-4-5-9(11(13)15-19)12(18)17(3)8-10-14-6-7-16(10)2/h6-7,9,19H,4-5,8H2,1-3H3,(H2,13,15). The van der Waals surface area contributed by atoms with E-state index in [4.69, 9.17) is 10.9 Å². The largest absolute Gasteiger partial charge is 0.409 e. The molecule has 1 aromatic rings. The molecule has 106 valence electrons. The fraction of sp³-hybridized carbons (Fsp3) is 0.583. The molecule has 1 rings (SSSR count). The maximum absolute atomic E-state index is 12.3. The summed E-state index contributed by atoms with van der Waals surface area (Å²) in [5.74, 6) is -0.00966. The van der Waals surface area contributed by atoms with Crippen LogP contribution in [0.15, 0.2) is 17.5 Å². The number of rotatable bonds is 6. The molecule has 0 aliphatic heterocycles. The van der Waals surface area contributed by atoms with E-state index in [0.717, 1.165) is 12.2 Å². The van der Waals surface area contributed by atoms with Crippen molar-refractivity contribution in [2.24, 2.45) is 23.9 Å². The molecular formula is C12H21N5O2. The van der Waals surface area contributed by atoms with E-state index in [-0.39, 0.29) is 11.7 Å². The lowest BCUT2D eigenvalue weighted by Crippen LogP contribution is -2.40. The van der Waals surface area contributed by atoms with Crippen LogP contribution in [0, 0.1) is 5.92 Å². The van der Waals surface area contributed by atoms with Crippen molar-refractivity contribution in [2.45, 2.75) is 26.3 Å². The Morgan fingerprint density at radius 1 is 1.68 bits per heavy atom. The molecule has 0 saturated heterocycles. The molecule has 3 N–H and O–H groups in total. The SMILES string of the molecule is CCCC(C(=O)N(C)Cc1nccn1C)C(N)=NO. The second-order valence-electron chi connectivity index (χ2n) is 4.51. The number of aryl methyl sites for hydroxylation is 1. The van der Waals surface area contributed by atoms with Gasteiger partial charge in [0.25, 0.3) is 0 Å². The fourth-order valence-electron chi connectivity index (χ4n) is 1.86. The smallest absolute Gasteiger partial charge is 0.233 e. The molecule has 0 aliphatic rings. The first-order valence-corrected chi connectivity index (χ1v) is 6.19. The molecule has 0 bridgehead atoms. The van der Waals surface area contributed by atoms with Gasteiger partial charge in [0.1, 0.15) is 5.82 Å². The number of carbonyl (C=O) groups excluding carboxylic acids is 1. The Morgan fingerprint density at radius 3 is 2.84 bits per heavy atom. The molecule has 1 aromatic heterocycles. The number of carbonyl (C=O) groups is 1. The van der Waals surface area contributed by atoms with Gasteiger partial charge in [0, 0.05) is 26.5 Å². The first-order chi connectivity index (χ1) is 9.01. The second-order valence-corrected chi connectivity index (χ2v) is 4.51. The first kappa shape index (κ1) is 15.0. The van der Waals surface area contributed by atoms with Crippen molar-refractivity contribution in [3.63, 3.8) is 0 Å². The van der Waals surface area contributed by atoms with Crippen LogP contribution in [0.1, 0.15) is 25.6 Å². The van der Waals surface area contributed by atoms with E-state index in [1.807, 2.05) is 24.7 Å². The van der Waals surface area contributed by atoms with E-state index < -0.39 is 5.92 Å². The van der Waals surface area contributed by atoms with Gasteiger partial charge in [0.15, 0.2) is 5.84 Å². The molecule has 0 aliphatic carbocycles. The summed E-state index contributed by atoms with van der Waals surface area (Å²) < 4.78 is 1.85. The van der Waals surface area contributed by atoms with E-state index >= 15 is 0 Å². The van der Waals surface area contributed by atoms with Crippen LogP contribution in [0.2, 0.25) is 0 Å².